The summed E-state index contributed by atoms with van der Waals surface area (Å²) in [5.41, 5.74) is 6.69. The number of aryl methyl sites for hydroxylation is 1. The Morgan fingerprint density at radius 3 is 2.23 bits per heavy atom. The van der Waals surface area contributed by atoms with Crippen LogP contribution < -0.4 is 9.47 Å². The van der Waals surface area contributed by atoms with Gasteiger partial charge in [0, 0.05) is 32.2 Å². The molecular formula is C35H37NO3. The van der Waals surface area contributed by atoms with Crippen LogP contribution in [-0.2, 0) is 13.0 Å². The van der Waals surface area contributed by atoms with Crippen LogP contribution in [0.4, 0.5) is 0 Å². The first kappa shape index (κ1) is 25.7. The molecule has 0 unspecified atom stereocenters. The van der Waals surface area contributed by atoms with E-state index in [-0.39, 0.29) is 18.6 Å². The number of aliphatic hydroxyl groups is 1. The van der Waals surface area contributed by atoms with Gasteiger partial charge in [0.05, 0.1) is 0 Å². The lowest BCUT2D eigenvalue weighted by Gasteiger charge is -2.39. The first-order valence-electron chi connectivity index (χ1n) is 14.2. The normalized spacial score (nSPS) is 19.2. The van der Waals surface area contributed by atoms with Gasteiger partial charge in [-0.05, 0) is 77.3 Å². The van der Waals surface area contributed by atoms with Crippen molar-refractivity contribution in [2.24, 2.45) is 0 Å². The lowest BCUT2D eigenvalue weighted by atomic mass is 9.69. The lowest BCUT2D eigenvalue weighted by molar-refractivity contribution is 0.0167. The van der Waals surface area contributed by atoms with Gasteiger partial charge in [0.2, 0.25) is 0 Å². The fraction of sp³-hybridized carbons (Fsp3) is 0.314. The molecule has 0 spiro atoms. The van der Waals surface area contributed by atoms with E-state index in [9.17, 15) is 0 Å². The molecule has 1 aliphatic carbocycles. The van der Waals surface area contributed by atoms with E-state index in [1.807, 2.05) is 6.07 Å². The minimum Gasteiger partial charge on any atom is -0.489 e. The first-order valence-corrected chi connectivity index (χ1v) is 14.2. The van der Waals surface area contributed by atoms with Gasteiger partial charge in [0.15, 0.2) is 0 Å². The molecule has 1 saturated heterocycles. The van der Waals surface area contributed by atoms with Gasteiger partial charge >= 0.3 is 0 Å². The third-order valence-electron chi connectivity index (χ3n) is 8.15. The maximum absolute atomic E-state index is 9.04. The molecule has 200 valence electrons. The van der Waals surface area contributed by atoms with Crippen LogP contribution in [0.5, 0.6) is 11.5 Å². The van der Waals surface area contributed by atoms with Gasteiger partial charge in [-0.3, -0.25) is 4.90 Å². The molecule has 1 N–H and O–H groups in total. The van der Waals surface area contributed by atoms with Crippen molar-refractivity contribution < 1.29 is 14.6 Å². The summed E-state index contributed by atoms with van der Waals surface area (Å²) < 4.78 is 12.4. The average Bonchev–Trinajstić information content (AvgIpc) is 2.98. The summed E-state index contributed by atoms with van der Waals surface area (Å²) in [4.78, 5) is 2.33. The van der Waals surface area contributed by atoms with Crippen LogP contribution in [0.25, 0.3) is 0 Å². The third-order valence-corrected chi connectivity index (χ3v) is 8.15. The molecule has 4 heteroatoms. The van der Waals surface area contributed by atoms with Crippen molar-refractivity contribution in [2.75, 3.05) is 26.2 Å². The molecule has 2 atom stereocenters. The van der Waals surface area contributed by atoms with Crippen LogP contribution in [0.3, 0.4) is 0 Å². The maximum atomic E-state index is 9.04. The number of hydrogen-bond donors (Lipinski definition) is 1. The number of fused-ring (bicyclic) bond motifs is 1. The number of aliphatic hydroxyl groups excluding tert-OH is 1. The summed E-state index contributed by atoms with van der Waals surface area (Å²) in [7, 11) is 0. The van der Waals surface area contributed by atoms with Crippen LogP contribution >= 0.6 is 0 Å². The minimum atomic E-state index is 0.233. The van der Waals surface area contributed by atoms with E-state index in [0.29, 0.717) is 12.5 Å². The zero-order valence-electron chi connectivity index (χ0n) is 22.4. The second-order valence-electron chi connectivity index (χ2n) is 10.8. The molecular weight excluding hydrogens is 482 g/mol. The molecule has 1 fully saturated rings. The molecule has 0 radical (unpaired) electrons. The highest BCUT2D eigenvalue weighted by molar-refractivity contribution is 5.48. The number of benzene rings is 4. The van der Waals surface area contributed by atoms with Crippen LogP contribution in [0.2, 0.25) is 0 Å². The smallest absolute Gasteiger partial charge is 0.124 e. The Morgan fingerprint density at radius 2 is 1.49 bits per heavy atom. The van der Waals surface area contributed by atoms with E-state index in [4.69, 9.17) is 14.6 Å². The van der Waals surface area contributed by atoms with Crippen molar-refractivity contribution in [2.45, 2.75) is 43.8 Å². The molecule has 4 aromatic carbocycles. The van der Waals surface area contributed by atoms with Crippen molar-refractivity contribution in [3.63, 3.8) is 0 Å². The molecule has 1 heterocycles. The lowest BCUT2D eigenvalue weighted by Crippen LogP contribution is -2.53. The van der Waals surface area contributed by atoms with E-state index in [0.717, 1.165) is 50.4 Å². The van der Waals surface area contributed by atoms with Gasteiger partial charge in [0.1, 0.15) is 24.2 Å². The van der Waals surface area contributed by atoms with Gasteiger partial charge in [-0.2, -0.15) is 0 Å². The highest BCUT2D eigenvalue weighted by atomic mass is 16.5. The monoisotopic (exact) mass is 519 g/mol. The molecule has 6 rings (SSSR count). The largest absolute Gasteiger partial charge is 0.489 e. The molecule has 0 saturated carbocycles. The van der Waals surface area contributed by atoms with E-state index < -0.39 is 0 Å². The summed E-state index contributed by atoms with van der Waals surface area (Å²) in [5.74, 6) is 2.58. The van der Waals surface area contributed by atoms with Crippen molar-refractivity contribution in [3.8, 4) is 11.5 Å². The Kier molecular flexibility index (Phi) is 7.94. The Bertz CT molecular complexity index is 1330. The van der Waals surface area contributed by atoms with Crippen LogP contribution in [0.1, 0.15) is 52.5 Å². The minimum absolute atomic E-state index is 0.233. The molecule has 2 aliphatic rings. The van der Waals surface area contributed by atoms with Crippen LogP contribution in [-0.4, -0.2) is 42.4 Å². The van der Waals surface area contributed by atoms with E-state index in [1.165, 1.54) is 27.8 Å². The summed E-state index contributed by atoms with van der Waals surface area (Å²) in [6.07, 6.45) is 3.21. The van der Waals surface area contributed by atoms with Gasteiger partial charge in [-0.1, -0.05) is 78.9 Å². The second-order valence-corrected chi connectivity index (χ2v) is 10.8. The van der Waals surface area contributed by atoms with Crippen LogP contribution in [0.15, 0.2) is 103 Å². The number of rotatable bonds is 10. The summed E-state index contributed by atoms with van der Waals surface area (Å²) >= 11 is 0. The Morgan fingerprint density at radius 1 is 0.769 bits per heavy atom. The summed E-state index contributed by atoms with van der Waals surface area (Å²) in [6, 6.07) is 36.8. The van der Waals surface area contributed by atoms with Gasteiger partial charge in [0.25, 0.3) is 0 Å². The predicted octanol–water partition coefficient (Wildman–Crippen LogP) is 6.57. The highest BCUT2D eigenvalue weighted by Gasteiger charge is 2.32. The van der Waals surface area contributed by atoms with Crippen molar-refractivity contribution in [1.29, 1.82) is 0 Å². The zero-order valence-corrected chi connectivity index (χ0v) is 22.4. The maximum Gasteiger partial charge on any atom is 0.124 e. The van der Waals surface area contributed by atoms with Crippen molar-refractivity contribution in [1.82, 2.24) is 4.90 Å². The number of likely N-dealkylation sites (tertiary alicyclic amines) is 1. The van der Waals surface area contributed by atoms with Crippen LogP contribution in [0, 0.1) is 0 Å². The van der Waals surface area contributed by atoms with Gasteiger partial charge < -0.3 is 14.6 Å². The average molecular weight is 520 g/mol. The molecule has 0 bridgehead atoms. The summed E-state index contributed by atoms with van der Waals surface area (Å²) in [6.45, 7) is 3.64. The van der Waals surface area contributed by atoms with Crippen molar-refractivity contribution in [3.05, 3.63) is 131 Å². The Hall–Kier alpha value is -3.60. The number of ether oxygens (including phenoxy) is 2. The second kappa shape index (κ2) is 12.1. The molecule has 0 amide bonds. The first-order chi connectivity index (χ1) is 19.3. The fourth-order valence-electron chi connectivity index (χ4n) is 6.12. The van der Waals surface area contributed by atoms with Gasteiger partial charge in [-0.15, -0.1) is 0 Å². The molecule has 4 nitrogen and oxygen atoms in total. The quantitative estimate of drug-likeness (QED) is 0.257. The van der Waals surface area contributed by atoms with Crippen molar-refractivity contribution >= 4 is 0 Å². The van der Waals surface area contributed by atoms with E-state index >= 15 is 0 Å². The standard InChI is InChI=1S/C35H37NO3/c37-21-7-20-36-23-32(24-36)39-30-15-12-28(13-16-30)35-33(27-10-5-2-6-11-27)18-14-29-22-31(17-19-34(29)35)38-25-26-8-3-1-4-9-26/h1-6,8-13,15-17,19,22,32-33,35,37H,7,14,18,20-21,23-25H2/t33-,35+/m1/s1. The topological polar surface area (TPSA) is 41.9 Å². The molecule has 1 aliphatic heterocycles. The number of hydrogen-bond acceptors (Lipinski definition) is 4. The molecule has 39 heavy (non-hydrogen) atoms. The molecule has 4 aromatic rings. The Labute approximate surface area is 231 Å². The van der Waals surface area contributed by atoms with Gasteiger partial charge in [-0.25, -0.2) is 0 Å². The molecule has 0 aromatic heterocycles. The fourth-order valence-corrected chi connectivity index (χ4v) is 6.12. The number of nitrogens with zero attached hydrogens (tertiary/aromatic N) is 1. The summed E-state index contributed by atoms with van der Waals surface area (Å²) in [5, 5.41) is 9.04. The zero-order chi connectivity index (χ0) is 26.4. The third kappa shape index (κ3) is 6.03. The SMILES string of the molecule is OCCCN1CC(Oc2ccc([C@@H]3c4ccc(OCc5ccccc5)cc4CC[C@@H]3c3ccccc3)cc2)C1. The van der Waals surface area contributed by atoms with E-state index in [1.54, 1.807) is 0 Å². The van der Waals surface area contributed by atoms with E-state index in [2.05, 4.69) is 102 Å². The highest BCUT2D eigenvalue weighted by Crippen LogP contribution is 2.47. The Balaban J connectivity index is 1.21. The predicted molar refractivity (Wildman–Crippen MR) is 156 cm³/mol.